The van der Waals surface area contributed by atoms with E-state index >= 15 is 0 Å². The SMILES string of the molecule is CC(=O)OC1CCC2(C)C(=CCC3C2CCC2(C)C3CCC2[C@H](C)CCC(C)C(C)C)C1. The lowest BCUT2D eigenvalue weighted by molar-refractivity contribution is -0.148. The number of carbonyl (C=O) groups is 1. The third kappa shape index (κ3) is 4.22. The number of hydrogen-bond acceptors (Lipinski definition) is 2. The van der Waals surface area contributed by atoms with Gasteiger partial charge in [-0.15, -0.1) is 0 Å². The van der Waals surface area contributed by atoms with Crippen molar-refractivity contribution < 1.29 is 9.53 Å². The molecule has 0 saturated heterocycles. The summed E-state index contributed by atoms with van der Waals surface area (Å²) in [6.45, 7) is 16.6. The van der Waals surface area contributed by atoms with Gasteiger partial charge >= 0.3 is 5.97 Å². The zero-order valence-corrected chi connectivity index (χ0v) is 22.1. The van der Waals surface area contributed by atoms with Gasteiger partial charge in [0.05, 0.1) is 0 Å². The van der Waals surface area contributed by atoms with E-state index in [1.807, 2.05) is 0 Å². The summed E-state index contributed by atoms with van der Waals surface area (Å²) in [4.78, 5) is 11.5. The van der Waals surface area contributed by atoms with Gasteiger partial charge in [-0.2, -0.15) is 0 Å². The number of rotatable bonds is 6. The maximum Gasteiger partial charge on any atom is 0.302 e. The highest BCUT2D eigenvalue weighted by molar-refractivity contribution is 5.66. The van der Waals surface area contributed by atoms with Crippen LogP contribution in [0.4, 0.5) is 0 Å². The van der Waals surface area contributed by atoms with Gasteiger partial charge in [-0.25, -0.2) is 0 Å². The Bertz CT molecular complexity index is 722. The van der Waals surface area contributed by atoms with Gasteiger partial charge in [0, 0.05) is 13.3 Å². The molecule has 4 aliphatic rings. The zero-order valence-electron chi connectivity index (χ0n) is 22.1. The van der Waals surface area contributed by atoms with Crippen LogP contribution in [0.1, 0.15) is 113 Å². The fraction of sp³-hybridized carbons (Fsp3) is 0.900. The van der Waals surface area contributed by atoms with Gasteiger partial charge in [0.15, 0.2) is 0 Å². The fourth-order valence-electron chi connectivity index (χ4n) is 9.00. The van der Waals surface area contributed by atoms with E-state index in [2.05, 4.69) is 47.6 Å². The molecule has 3 saturated carbocycles. The van der Waals surface area contributed by atoms with Crippen molar-refractivity contribution in [2.24, 2.45) is 52.3 Å². The highest BCUT2D eigenvalue weighted by atomic mass is 16.5. The minimum Gasteiger partial charge on any atom is -0.462 e. The van der Waals surface area contributed by atoms with E-state index in [-0.39, 0.29) is 12.1 Å². The Labute approximate surface area is 198 Å². The van der Waals surface area contributed by atoms with Gasteiger partial charge in [0.2, 0.25) is 0 Å². The number of esters is 1. The van der Waals surface area contributed by atoms with Crippen molar-refractivity contribution in [3.8, 4) is 0 Å². The normalized spacial score (nSPS) is 43.0. The van der Waals surface area contributed by atoms with Crippen molar-refractivity contribution in [1.82, 2.24) is 0 Å². The number of ether oxygens (including phenoxy) is 1. The molecule has 9 atom stereocenters. The van der Waals surface area contributed by atoms with Gasteiger partial charge in [0.25, 0.3) is 0 Å². The van der Waals surface area contributed by atoms with Gasteiger partial charge in [-0.1, -0.05) is 66.0 Å². The van der Waals surface area contributed by atoms with Crippen LogP contribution in [0.5, 0.6) is 0 Å². The van der Waals surface area contributed by atoms with Gasteiger partial charge in [-0.3, -0.25) is 4.79 Å². The molecule has 32 heavy (non-hydrogen) atoms. The first-order chi connectivity index (χ1) is 15.1. The summed E-state index contributed by atoms with van der Waals surface area (Å²) in [5, 5.41) is 0. The fourth-order valence-corrected chi connectivity index (χ4v) is 9.00. The van der Waals surface area contributed by atoms with Crippen LogP contribution < -0.4 is 0 Å². The number of fused-ring (bicyclic) bond motifs is 5. The molecule has 0 aromatic heterocycles. The van der Waals surface area contributed by atoms with Crippen molar-refractivity contribution in [2.75, 3.05) is 0 Å². The van der Waals surface area contributed by atoms with Crippen LogP contribution in [0.15, 0.2) is 11.6 Å². The molecule has 2 nitrogen and oxygen atoms in total. The van der Waals surface area contributed by atoms with E-state index in [4.69, 9.17) is 4.74 Å². The topological polar surface area (TPSA) is 26.3 Å². The molecule has 0 N–H and O–H groups in total. The standard InChI is InChI=1S/C30H50O2/c1-19(2)20(3)8-9-21(4)26-12-13-27-25-11-10-23-18-24(32-22(5)31)14-16-29(23,6)28(25)15-17-30(26,27)7/h10,19-21,24-28H,8-9,11-18H2,1-7H3/t20?,21-,24?,25?,26?,27?,28?,29?,30?/m1/s1. The molecule has 0 radical (unpaired) electrons. The van der Waals surface area contributed by atoms with Crippen molar-refractivity contribution >= 4 is 5.97 Å². The van der Waals surface area contributed by atoms with E-state index in [1.165, 1.54) is 51.4 Å². The van der Waals surface area contributed by atoms with Crippen LogP contribution >= 0.6 is 0 Å². The summed E-state index contributed by atoms with van der Waals surface area (Å²) in [5.41, 5.74) is 2.51. The molecule has 0 bridgehead atoms. The Balaban J connectivity index is 1.46. The molecule has 3 fully saturated rings. The van der Waals surface area contributed by atoms with Gasteiger partial charge in [-0.05, 0) is 97.2 Å². The molecule has 4 aliphatic carbocycles. The summed E-state index contributed by atoms with van der Waals surface area (Å²) >= 11 is 0. The molecular weight excluding hydrogens is 392 g/mol. The number of hydrogen-bond donors (Lipinski definition) is 0. The molecule has 0 aliphatic heterocycles. The summed E-state index contributed by atoms with van der Waals surface area (Å²) in [7, 11) is 0. The smallest absolute Gasteiger partial charge is 0.302 e. The average Bonchev–Trinajstić information content (AvgIpc) is 3.08. The maximum atomic E-state index is 11.5. The minimum atomic E-state index is -0.116. The van der Waals surface area contributed by atoms with Gasteiger partial charge < -0.3 is 4.74 Å². The second-order valence-electron chi connectivity index (χ2n) is 13.2. The molecule has 2 heteroatoms. The van der Waals surface area contributed by atoms with Crippen LogP contribution in [0, 0.1) is 52.3 Å². The van der Waals surface area contributed by atoms with Crippen LogP contribution in [0.25, 0.3) is 0 Å². The third-order valence-corrected chi connectivity index (χ3v) is 11.4. The minimum absolute atomic E-state index is 0.113. The van der Waals surface area contributed by atoms with Crippen molar-refractivity contribution in [3.63, 3.8) is 0 Å². The largest absolute Gasteiger partial charge is 0.462 e. The summed E-state index contributed by atoms with van der Waals surface area (Å²) < 4.78 is 5.62. The second kappa shape index (κ2) is 9.10. The number of allylic oxidation sites excluding steroid dienone is 1. The van der Waals surface area contributed by atoms with Crippen LogP contribution in [-0.2, 0) is 9.53 Å². The van der Waals surface area contributed by atoms with E-state index in [0.29, 0.717) is 10.8 Å². The molecule has 8 unspecified atom stereocenters. The molecule has 0 heterocycles. The Morgan fingerprint density at radius 1 is 1.03 bits per heavy atom. The lowest BCUT2D eigenvalue weighted by Gasteiger charge is -2.58. The Hall–Kier alpha value is -0.790. The van der Waals surface area contributed by atoms with Crippen molar-refractivity contribution in [3.05, 3.63) is 11.6 Å². The molecule has 0 amide bonds. The van der Waals surface area contributed by atoms with E-state index in [9.17, 15) is 4.79 Å². The van der Waals surface area contributed by atoms with E-state index in [1.54, 1.807) is 12.5 Å². The summed E-state index contributed by atoms with van der Waals surface area (Å²) in [6.07, 6.45) is 15.8. The second-order valence-corrected chi connectivity index (χ2v) is 13.2. The van der Waals surface area contributed by atoms with Crippen molar-refractivity contribution in [2.45, 2.75) is 119 Å². The Morgan fingerprint density at radius 2 is 1.78 bits per heavy atom. The molecule has 0 aromatic carbocycles. The predicted molar refractivity (Wildman–Crippen MR) is 133 cm³/mol. The van der Waals surface area contributed by atoms with Gasteiger partial charge in [0.1, 0.15) is 6.10 Å². The summed E-state index contributed by atoms with van der Waals surface area (Å²) in [5.74, 6) is 5.96. The molecule has 0 spiro atoms. The first-order valence-electron chi connectivity index (χ1n) is 13.9. The van der Waals surface area contributed by atoms with E-state index < -0.39 is 0 Å². The van der Waals surface area contributed by atoms with Crippen LogP contribution in [0.2, 0.25) is 0 Å². The average molecular weight is 443 g/mol. The Morgan fingerprint density at radius 3 is 2.47 bits per heavy atom. The van der Waals surface area contributed by atoms with Crippen LogP contribution in [-0.4, -0.2) is 12.1 Å². The Kier molecular flexibility index (Phi) is 6.92. The molecule has 0 aromatic rings. The monoisotopic (exact) mass is 442 g/mol. The first-order valence-corrected chi connectivity index (χ1v) is 13.9. The summed E-state index contributed by atoms with van der Waals surface area (Å²) in [6, 6.07) is 0. The highest BCUT2D eigenvalue weighted by Gasteiger charge is 2.59. The first kappa shape index (κ1) is 24.3. The zero-order chi connectivity index (χ0) is 23.3. The number of carbonyl (C=O) groups excluding carboxylic acids is 1. The van der Waals surface area contributed by atoms with Crippen molar-refractivity contribution in [1.29, 1.82) is 0 Å². The van der Waals surface area contributed by atoms with Crippen LogP contribution in [0.3, 0.4) is 0 Å². The highest BCUT2D eigenvalue weighted by Crippen LogP contribution is 2.67. The molecule has 4 rings (SSSR count). The quantitative estimate of drug-likeness (QED) is 0.306. The third-order valence-electron chi connectivity index (χ3n) is 11.4. The molecular formula is C30H50O2. The van der Waals surface area contributed by atoms with E-state index in [0.717, 1.165) is 54.3 Å². The maximum absolute atomic E-state index is 11.5. The lowest BCUT2D eigenvalue weighted by Crippen LogP contribution is -2.51. The lowest BCUT2D eigenvalue weighted by atomic mass is 9.47. The molecule has 182 valence electrons. The predicted octanol–water partition coefficient (Wildman–Crippen LogP) is 8.21.